The second-order valence-electron chi connectivity index (χ2n) is 8.80. The van der Waals surface area contributed by atoms with Crippen molar-refractivity contribution in [3.63, 3.8) is 0 Å². The summed E-state index contributed by atoms with van der Waals surface area (Å²) < 4.78 is 80.7. The monoisotopic (exact) mass is 549 g/mol. The molecule has 0 fully saturated rings. The zero-order valence-corrected chi connectivity index (χ0v) is 20.3. The van der Waals surface area contributed by atoms with Crippen molar-refractivity contribution in [3.8, 4) is 17.2 Å². The number of carbonyl (C=O) groups is 1. The quantitative estimate of drug-likeness (QED) is 0.290. The molecule has 0 spiro atoms. The average molecular weight is 549 g/mol. The van der Waals surface area contributed by atoms with Crippen molar-refractivity contribution in [1.29, 1.82) is 0 Å². The molecule has 0 saturated carbocycles. The Bertz CT molecular complexity index is 1520. The van der Waals surface area contributed by atoms with Crippen molar-refractivity contribution in [2.24, 2.45) is 0 Å². The third kappa shape index (κ3) is 5.76. The summed E-state index contributed by atoms with van der Waals surface area (Å²) >= 11 is 0. The van der Waals surface area contributed by atoms with Gasteiger partial charge in [0.05, 0.1) is 5.56 Å². The van der Waals surface area contributed by atoms with Crippen LogP contribution in [0.4, 0.5) is 22.0 Å². The van der Waals surface area contributed by atoms with Crippen molar-refractivity contribution in [1.82, 2.24) is 14.8 Å². The van der Waals surface area contributed by atoms with E-state index >= 15 is 0 Å². The summed E-state index contributed by atoms with van der Waals surface area (Å²) in [7, 11) is 0. The van der Waals surface area contributed by atoms with Gasteiger partial charge in [-0.2, -0.15) is 18.3 Å². The van der Waals surface area contributed by atoms with Gasteiger partial charge in [-0.05, 0) is 62.4 Å². The average Bonchev–Trinajstić information content (AvgIpc) is 3.23. The van der Waals surface area contributed by atoms with Gasteiger partial charge in [-0.3, -0.25) is 0 Å². The summed E-state index contributed by atoms with van der Waals surface area (Å²) in [5, 5.41) is 15.2. The Labute approximate surface area is 217 Å². The molecule has 0 amide bonds. The van der Waals surface area contributed by atoms with E-state index in [-0.39, 0.29) is 22.9 Å². The molecule has 0 radical (unpaired) electrons. The molecular weight excluding hydrogens is 529 g/mol. The highest BCUT2D eigenvalue weighted by Gasteiger charge is 2.32. The first-order chi connectivity index (χ1) is 18.3. The minimum Gasteiger partial charge on any atom is -0.478 e. The topological polar surface area (TPSA) is 106 Å². The zero-order valence-electron chi connectivity index (χ0n) is 20.3. The Hall–Kier alpha value is -4.68. The Morgan fingerprint density at radius 1 is 0.949 bits per heavy atom. The molecule has 39 heavy (non-hydrogen) atoms. The standard InChI is InChI=1S/C26H20F5N3O5/c1-25(2,23(35)36)39-17-12-10-16(11-13-17)38-21(14-6-8-15(9-7-14)26(29,30)31)22-32-33-24(37)34(22)20-18(27)4-3-5-19(20)28/h3-13,21H,1-2H3,(H,33,37)(H,35,36). The van der Waals surface area contributed by atoms with E-state index in [9.17, 15) is 36.6 Å². The highest BCUT2D eigenvalue weighted by atomic mass is 19.4. The number of nitrogens with one attached hydrogen (secondary N) is 1. The normalized spacial score (nSPS) is 12.7. The van der Waals surface area contributed by atoms with E-state index in [1.807, 2.05) is 0 Å². The van der Waals surface area contributed by atoms with Gasteiger partial charge in [-0.25, -0.2) is 28.0 Å². The van der Waals surface area contributed by atoms with Crippen LogP contribution in [0.2, 0.25) is 0 Å². The van der Waals surface area contributed by atoms with E-state index in [0.29, 0.717) is 4.57 Å². The molecule has 4 aromatic rings. The van der Waals surface area contributed by atoms with Crippen molar-refractivity contribution in [3.05, 3.63) is 106 Å². The number of benzene rings is 3. The minimum absolute atomic E-state index is 0.0762. The number of ether oxygens (including phenoxy) is 2. The molecule has 4 rings (SSSR count). The number of aromatic amines is 1. The van der Waals surface area contributed by atoms with Gasteiger partial charge in [0.2, 0.25) is 0 Å². The van der Waals surface area contributed by atoms with Gasteiger partial charge in [-0.1, -0.05) is 18.2 Å². The molecular formula is C26H20F5N3O5. The van der Waals surface area contributed by atoms with E-state index in [2.05, 4.69) is 10.2 Å². The molecule has 3 aromatic carbocycles. The third-order valence-corrected chi connectivity index (χ3v) is 5.60. The first-order valence-electron chi connectivity index (χ1n) is 11.3. The maximum Gasteiger partial charge on any atom is 0.416 e. The van der Waals surface area contributed by atoms with Crippen LogP contribution in [0.15, 0.2) is 71.5 Å². The van der Waals surface area contributed by atoms with Crippen LogP contribution in [-0.2, 0) is 11.0 Å². The Kier molecular flexibility index (Phi) is 7.18. The highest BCUT2D eigenvalue weighted by Crippen LogP contribution is 2.34. The molecule has 1 atom stereocenters. The van der Waals surface area contributed by atoms with E-state index in [0.717, 1.165) is 42.5 Å². The summed E-state index contributed by atoms with van der Waals surface area (Å²) in [6, 6.07) is 12.2. The Morgan fingerprint density at radius 3 is 2.05 bits per heavy atom. The summed E-state index contributed by atoms with van der Waals surface area (Å²) in [6.07, 6.45) is -6.05. The van der Waals surface area contributed by atoms with Crippen LogP contribution in [0, 0.1) is 11.6 Å². The Balaban J connectivity index is 1.78. The number of aromatic nitrogens is 3. The molecule has 0 aliphatic carbocycles. The molecule has 2 N–H and O–H groups in total. The first kappa shape index (κ1) is 27.4. The molecule has 0 saturated heterocycles. The molecule has 204 valence electrons. The van der Waals surface area contributed by atoms with Gasteiger partial charge in [0.15, 0.2) is 17.5 Å². The van der Waals surface area contributed by atoms with Gasteiger partial charge < -0.3 is 14.6 Å². The molecule has 0 aliphatic heterocycles. The summed E-state index contributed by atoms with van der Waals surface area (Å²) in [6.45, 7) is 2.69. The largest absolute Gasteiger partial charge is 0.478 e. The molecule has 0 aliphatic rings. The fraction of sp³-hybridized carbons (Fsp3) is 0.192. The lowest BCUT2D eigenvalue weighted by atomic mass is 10.1. The SMILES string of the molecule is CC(C)(Oc1ccc(OC(c2ccc(C(F)(F)F)cc2)c2n[nH]c(=O)n2-c2c(F)cccc2F)cc1)C(=O)O. The molecule has 1 unspecified atom stereocenters. The fourth-order valence-corrected chi connectivity index (χ4v) is 3.58. The van der Waals surface area contributed by atoms with Crippen molar-refractivity contribution in [2.45, 2.75) is 31.7 Å². The fourth-order valence-electron chi connectivity index (χ4n) is 3.58. The van der Waals surface area contributed by atoms with Crippen LogP contribution in [-0.4, -0.2) is 31.4 Å². The lowest BCUT2D eigenvalue weighted by molar-refractivity contribution is -0.152. The second kappa shape index (κ2) is 10.2. The van der Waals surface area contributed by atoms with Crippen molar-refractivity contribution >= 4 is 5.97 Å². The van der Waals surface area contributed by atoms with Crippen LogP contribution in [0.5, 0.6) is 11.5 Å². The number of H-pyrrole nitrogens is 1. The van der Waals surface area contributed by atoms with Gasteiger partial charge >= 0.3 is 17.8 Å². The number of nitrogens with zero attached hydrogens (tertiary/aromatic N) is 2. The third-order valence-electron chi connectivity index (χ3n) is 5.60. The van der Waals surface area contributed by atoms with Gasteiger partial charge in [0.1, 0.15) is 28.8 Å². The van der Waals surface area contributed by atoms with Crippen LogP contribution in [0.1, 0.15) is 36.9 Å². The molecule has 1 heterocycles. The molecule has 1 aromatic heterocycles. The summed E-state index contributed by atoms with van der Waals surface area (Å²) in [5.41, 5.74) is -4.19. The number of halogens is 5. The number of alkyl halides is 3. The van der Waals surface area contributed by atoms with Crippen LogP contribution < -0.4 is 15.2 Å². The number of carboxylic acid groups (broad SMARTS) is 1. The van der Waals surface area contributed by atoms with Crippen molar-refractivity contribution < 1.29 is 41.3 Å². The molecule has 13 heteroatoms. The van der Waals surface area contributed by atoms with Crippen LogP contribution >= 0.6 is 0 Å². The molecule has 8 nitrogen and oxygen atoms in total. The highest BCUT2D eigenvalue weighted by molar-refractivity contribution is 5.76. The lowest BCUT2D eigenvalue weighted by Crippen LogP contribution is -2.37. The second-order valence-corrected chi connectivity index (χ2v) is 8.80. The predicted molar refractivity (Wildman–Crippen MR) is 127 cm³/mol. The number of rotatable bonds is 8. The maximum atomic E-state index is 14.6. The van der Waals surface area contributed by atoms with Crippen LogP contribution in [0.25, 0.3) is 5.69 Å². The smallest absolute Gasteiger partial charge is 0.416 e. The molecule has 0 bridgehead atoms. The van der Waals surface area contributed by atoms with Gasteiger partial charge in [-0.15, -0.1) is 0 Å². The first-order valence-corrected chi connectivity index (χ1v) is 11.3. The van der Waals surface area contributed by atoms with Crippen LogP contribution in [0.3, 0.4) is 0 Å². The lowest BCUT2D eigenvalue weighted by Gasteiger charge is -2.23. The zero-order chi connectivity index (χ0) is 28.5. The number of hydrogen-bond donors (Lipinski definition) is 2. The maximum absolute atomic E-state index is 14.6. The number of para-hydroxylation sites is 1. The number of carboxylic acids is 1. The van der Waals surface area contributed by atoms with E-state index in [1.54, 1.807) is 0 Å². The number of aliphatic carboxylic acids is 1. The van der Waals surface area contributed by atoms with Crippen molar-refractivity contribution in [2.75, 3.05) is 0 Å². The predicted octanol–water partition coefficient (Wildman–Crippen LogP) is 5.27. The minimum atomic E-state index is -4.63. The van der Waals surface area contributed by atoms with E-state index in [1.165, 1.54) is 38.1 Å². The summed E-state index contributed by atoms with van der Waals surface area (Å²) in [5.74, 6) is -3.47. The summed E-state index contributed by atoms with van der Waals surface area (Å²) in [4.78, 5) is 23.9. The Morgan fingerprint density at radius 2 is 1.51 bits per heavy atom. The van der Waals surface area contributed by atoms with E-state index < -0.39 is 52.4 Å². The van der Waals surface area contributed by atoms with E-state index in [4.69, 9.17) is 9.47 Å². The van der Waals surface area contributed by atoms with Gasteiger partial charge in [0.25, 0.3) is 0 Å². The number of hydrogen-bond acceptors (Lipinski definition) is 5. The van der Waals surface area contributed by atoms with Gasteiger partial charge in [0, 0.05) is 5.56 Å².